The van der Waals surface area contributed by atoms with E-state index >= 15 is 0 Å². The summed E-state index contributed by atoms with van der Waals surface area (Å²) in [6.45, 7) is 0. The summed E-state index contributed by atoms with van der Waals surface area (Å²) in [6.07, 6.45) is 6.64. The molecule has 7 heteroatoms. The van der Waals surface area contributed by atoms with Crippen LogP contribution in [0.2, 0.25) is 10.3 Å². The first-order valence-corrected chi connectivity index (χ1v) is 6.58. The highest BCUT2D eigenvalue weighted by Gasteiger charge is 2.08. The van der Waals surface area contributed by atoms with Gasteiger partial charge in [0.05, 0.1) is 12.4 Å². The maximum atomic E-state index is 6.29. The highest BCUT2D eigenvalue weighted by Crippen LogP contribution is 2.32. The third-order valence-electron chi connectivity index (χ3n) is 2.28. The van der Waals surface area contributed by atoms with E-state index in [9.17, 15) is 0 Å². The number of aromatic nitrogens is 4. The Bertz CT molecular complexity index is 696. The van der Waals surface area contributed by atoms with E-state index < -0.39 is 0 Å². The van der Waals surface area contributed by atoms with Gasteiger partial charge in [-0.1, -0.05) is 35.0 Å². The molecule has 0 atom stereocenters. The third kappa shape index (κ3) is 2.16. The molecule has 0 aliphatic carbocycles. The average Bonchev–Trinajstić information content (AvgIpc) is 2.84. The molecule has 90 valence electrons. The summed E-state index contributed by atoms with van der Waals surface area (Å²) < 4.78 is 1.81. The molecule has 0 aromatic carbocycles. The van der Waals surface area contributed by atoms with E-state index in [0.29, 0.717) is 10.3 Å². The standard InChI is InChI=1S/C11H6Cl2N4S/c12-8-5-16-10(6-15-8)18-7-1-2-9-14-3-4-17(9)11(7)13/h1-6H. The largest absolute Gasteiger partial charge is 0.289 e. The van der Waals surface area contributed by atoms with Crippen LogP contribution in [0.25, 0.3) is 5.65 Å². The van der Waals surface area contributed by atoms with E-state index in [1.165, 1.54) is 18.0 Å². The van der Waals surface area contributed by atoms with Crippen molar-refractivity contribution in [2.75, 3.05) is 0 Å². The zero-order chi connectivity index (χ0) is 12.5. The lowest BCUT2D eigenvalue weighted by molar-refractivity contribution is 1.05. The molecule has 3 rings (SSSR count). The van der Waals surface area contributed by atoms with Gasteiger partial charge in [0, 0.05) is 17.3 Å². The first-order chi connectivity index (χ1) is 8.74. The lowest BCUT2D eigenvalue weighted by atomic mass is 10.5. The maximum absolute atomic E-state index is 6.29. The van der Waals surface area contributed by atoms with Gasteiger partial charge in [-0.05, 0) is 12.1 Å². The molecular weight excluding hydrogens is 291 g/mol. The van der Waals surface area contributed by atoms with Crippen LogP contribution in [0.15, 0.2) is 46.8 Å². The number of nitrogens with zero attached hydrogens (tertiary/aromatic N) is 4. The molecule has 0 spiro atoms. The fourth-order valence-corrected chi connectivity index (χ4v) is 2.66. The zero-order valence-corrected chi connectivity index (χ0v) is 11.2. The van der Waals surface area contributed by atoms with E-state index in [4.69, 9.17) is 23.2 Å². The summed E-state index contributed by atoms with van der Waals surface area (Å²) in [6, 6.07) is 3.81. The molecular formula is C11H6Cl2N4S. The zero-order valence-electron chi connectivity index (χ0n) is 8.92. The van der Waals surface area contributed by atoms with Crippen molar-refractivity contribution in [2.45, 2.75) is 9.92 Å². The minimum atomic E-state index is 0.371. The Morgan fingerprint density at radius 2 is 1.94 bits per heavy atom. The predicted molar refractivity (Wildman–Crippen MR) is 71.4 cm³/mol. The monoisotopic (exact) mass is 296 g/mol. The van der Waals surface area contributed by atoms with Crippen molar-refractivity contribution in [3.63, 3.8) is 0 Å². The lowest BCUT2D eigenvalue weighted by Crippen LogP contribution is -1.89. The lowest BCUT2D eigenvalue weighted by Gasteiger charge is -2.05. The SMILES string of the molecule is Clc1cnc(Sc2ccc3nccn3c2Cl)cn1. The Morgan fingerprint density at radius 3 is 2.72 bits per heavy atom. The summed E-state index contributed by atoms with van der Waals surface area (Å²) in [4.78, 5) is 13.2. The van der Waals surface area contributed by atoms with Gasteiger partial charge in [-0.3, -0.25) is 4.40 Å². The summed E-state index contributed by atoms with van der Waals surface area (Å²) in [7, 11) is 0. The van der Waals surface area contributed by atoms with Gasteiger partial charge in [-0.15, -0.1) is 0 Å². The predicted octanol–water partition coefficient (Wildman–Crippen LogP) is 3.58. The van der Waals surface area contributed by atoms with Crippen LogP contribution in [-0.4, -0.2) is 19.4 Å². The molecule has 0 N–H and O–H groups in total. The van der Waals surface area contributed by atoms with Crippen LogP contribution < -0.4 is 0 Å². The van der Waals surface area contributed by atoms with Gasteiger partial charge in [0.2, 0.25) is 0 Å². The number of imidazole rings is 1. The Balaban J connectivity index is 1.99. The normalized spacial score (nSPS) is 11.0. The van der Waals surface area contributed by atoms with Gasteiger partial charge in [-0.25, -0.2) is 15.0 Å². The van der Waals surface area contributed by atoms with Gasteiger partial charge in [0.25, 0.3) is 0 Å². The van der Waals surface area contributed by atoms with Gasteiger partial charge in [-0.2, -0.15) is 0 Å². The Labute approximate surface area is 117 Å². The molecule has 3 aromatic rings. The minimum Gasteiger partial charge on any atom is -0.289 e. The van der Waals surface area contributed by atoms with Gasteiger partial charge in [0.15, 0.2) is 0 Å². The number of halogens is 2. The second kappa shape index (κ2) is 4.76. The van der Waals surface area contributed by atoms with Crippen LogP contribution in [0.4, 0.5) is 0 Å². The van der Waals surface area contributed by atoms with Crippen molar-refractivity contribution in [3.05, 3.63) is 47.2 Å². The molecule has 3 heterocycles. The van der Waals surface area contributed by atoms with Gasteiger partial charge < -0.3 is 0 Å². The molecule has 0 bridgehead atoms. The van der Waals surface area contributed by atoms with E-state index in [1.54, 1.807) is 12.4 Å². The van der Waals surface area contributed by atoms with E-state index in [0.717, 1.165) is 15.6 Å². The number of rotatable bonds is 2. The van der Waals surface area contributed by atoms with Crippen LogP contribution in [0.5, 0.6) is 0 Å². The molecule has 0 fully saturated rings. The quantitative estimate of drug-likeness (QED) is 0.678. The fraction of sp³-hybridized carbons (Fsp3) is 0. The third-order valence-corrected chi connectivity index (χ3v) is 3.94. The molecule has 4 nitrogen and oxygen atoms in total. The Morgan fingerprint density at radius 1 is 1.06 bits per heavy atom. The average molecular weight is 297 g/mol. The highest BCUT2D eigenvalue weighted by atomic mass is 35.5. The number of hydrogen-bond donors (Lipinski definition) is 0. The van der Waals surface area contributed by atoms with Crippen LogP contribution in [0, 0.1) is 0 Å². The molecule has 0 amide bonds. The number of hydrogen-bond acceptors (Lipinski definition) is 4. The molecule has 0 radical (unpaired) electrons. The minimum absolute atomic E-state index is 0.371. The number of pyridine rings is 1. The molecule has 0 saturated heterocycles. The van der Waals surface area contributed by atoms with Crippen molar-refractivity contribution in [3.8, 4) is 0 Å². The first-order valence-electron chi connectivity index (χ1n) is 5.01. The van der Waals surface area contributed by atoms with Crippen LogP contribution in [0.1, 0.15) is 0 Å². The summed E-state index contributed by atoms with van der Waals surface area (Å²) >= 11 is 13.4. The summed E-state index contributed by atoms with van der Waals surface area (Å²) in [5, 5.41) is 1.71. The molecule has 0 aliphatic rings. The summed E-state index contributed by atoms with van der Waals surface area (Å²) in [5.74, 6) is 0. The van der Waals surface area contributed by atoms with Crippen molar-refractivity contribution in [1.82, 2.24) is 19.4 Å². The van der Waals surface area contributed by atoms with Gasteiger partial charge >= 0.3 is 0 Å². The van der Waals surface area contributed by atoms with Crippen molar-refractivity contribution < 1.29 is 0 Å². The Hall–Kier alpha value is -1.30. The highest BCUT2D eigenvalue weighted by molar-refractivity contribution is 7.99. The fourth-order valence-electron chi connectivity index (χ4n) is 1.48. The molecule has 3 aromatic heterocycles. The van der Waals surface area contributed by atoms with E-state index in [2.05, 4.69) is 15.0 Å². The van der Waals surface area contributed by atoms with Crippen LogP contribution in [-0.2, 0) is 0 Å². The topological polar surface area (TPSA) is 43.1 Å². The van der Waals surface area contributed by atoms with E-state index in [-0.39, 0.29) is 0 Å². The van der Waals surface area contributed by atoms with Gasteiger partial charge in [0.1, 0.15) is 21.0 Å². The molecule has 0 saturated carbocycles. The maximum Gasteiger partial charge on any atom is 0.147 e. The molecule has 18 heavy (non-hydrogen) atoms. The van der Waals surface area contributed by atoms with Crippen LogP contribution in [0.3, 0.4) is 0 Å². The van der Waals surface area contributed by atoms with Crippen LogP contribution >= 0.6 is 35.0 Å². The Kier molecular flexibility index (Phi) is 3.11. The summed E-state index contributed by atoms with van der Waals surface area (Å²) in [5.41, 5.74) is 0.812. The van der Waals surface area contributed by atoms with E-state index in [1.807, 2.05) is 22.7 Å². The number of fused-ring (bicyclic) bond motifs is 1. The second-order valence-corrected chi connectivity index (χ2v) is 5.23. The van der Waals surface area contributed by atoms with Crippen molar-refractivity contribution >= 4 is 40.6 Å². The first kappa shape index (κ1) is 11.8. The molecule has 0 unspecified atom stereocenters. The van der Waals surface area contributed by atoms with Crippen molar-refractivity contribution in [1.29, 1.82) is 0 Å². The molecule has 0 aliphatic heterocycles. The smallest absolute Gasteiger partial charge is 0.147 e. The van der Waals surface area contributed by atoms with Crippen molar-refractivity contribution in [2.24, 2.45) is 0 Å². The second-order valence-electron chi connectivity index (χ2n) is 3.42.